The Balaban J connectivity index is 1.98. The van der Waals surface area contributed by atoms with Gasteiger partial charge in [-0.15, -0.1) is 0 Å². The Morgan fingerprint density at radius 1 is 1.22 bits per heavy atom. The SMILES string of the molecule is CCC1C2CC=CCC12. The molecule has 0 bridgehead atoms. The van der Waals surface area contributed by atoms with Crippen molar-refractivity contribution >= 4 is 0 Å². The molecule has 9 heavy (non-hydrogen) atoms. The van der Waals surface area contributed by atoms with Crippen LogP contribution < -0.4 is 0 Å². The van der Waals surface area contributed by atoms with Gasteiger partial charge in [-0.25, -0.2) is 0 Å². The molecule has 0 heteroatoms. The van der Waals surface area contributed by atoms with E-state index in [0.717, 1.165) is 17.8 Å². The molecule has 50 valence electrons. The number of allylic oxidation sites excluding steroid dienone is 2. The van der Waals surface area contributed by atoms with Gasteiger partial charge in [-0.2, -0.15) is 0 Å². The maximum Gasteiger partial charge on any atom is -0.0314 e. The van der Waals surface area contributed by atoms with Crippen LogP contribution in [-0.2, 0) is 0 Å². The summed E-state index contributed by atoms with van der Waals surface area (Å²) in [5.41, 5.74) is 0. The quantitative estimate of drug-likeness (QED) is 0.469. The lowest BCUT2D eigenvalue weighted by molar-refractivity contribution is 0.688. The van der Waals surface area contributed by atoms with E-state index in [9.17, 15) is 0 Å². The van der Waals surface area contributed by atoms with Crippen LogP contribution in [0.3, 0.4) is 0 Å². The zero-order valence-corrected chi connectivity index (χ0v) is 6.01. The Labute approximate surface area is 57.0 Å². The van der Waals surface area contributed by atoms with Crippen molar-refractivity contribution in [1.82, 2.24) is 0 Å². The average Bonchev–Trinajstić information content (AvgIpc) is 2.60. The third-order valence-electron chi connectivity index (χ3n) is 2.96. The van der Waals surface area contributed by atoms with Crippen LogP contribution in [0, 0.1) is 17.8 Å². The summed E-state index contributed by atoms with van der Waals surface area (Å²) in [6.45, 7) is 2.32. The minimum absolute atomic E-state index is 1.10. The van der Waals surface area contributed by atoms with E-state index in [1.165, 1.54) is 19.3 Å². The van der Waals surface area contributed by atoms with Gasteiger partial charge in [0.05, 0.1) is 0 Å². The van der Waals surface area contributed by atoms with E-state index in [1.54, 1.807) is 0 Å². The zero-order chi connectivity index (χ0) is 6.27. The first-order valence-corrected chi connectivity index (χ1v) is 4.08. The molecule has 1 saturated carbocycles. The third-order valence-corrected chi connectivity index (χ3v) is 2.96. The van der Waals surface area contributed by atoms with Crippen LogP contribution in [0.1, 0.15) is 26.2 Å². The van der Waals surface area contributed by atoms with Crippen molar-refractivity contribution in [3.63, 3.8) is 0 Å². The van der Waals surface area contributed by atoms with Crippen LogP contribution in [0.15, 0.2) is 12.2 Å². The molecule has 2 unspecified atom stereocenters. The summed E-state index contributed by atoms with van der Waals surface area (Å²) in [4.78, 5) is 0. The fourth-order valence-corrected chi connectivity index (χ4v) is 2.34. The standard InChI is InChI=1S/C9H14/c1-2-7-8-5-3-4-6-9(7)8/h3-4,7-9H,2,5-6H2,1H3. The maximum atomic E-state index is 2.36. The second-order valence-corrected chi connectivity index (χ2v) is 3.34. The third kappa shape index (κ3) is 0.726. The van der Waals surface area contributed by atoms with Crippen molar-refractivity contribution in [2.45, 2.75) is 26.2 Å². The van der Waals surface area contributed by atoms with Crippen molar-refractivity contribution in [3.05, 3.63) is 12.2 Å². The van der Waals surface area contributed by atoms with Gasteiger partial charge >= 0.3 is 0 Å². The molecule has 0 saturated heterocycles. The Bertz CT molecular complexity index is 121. The van der Waals surface area contributed by atoms with Crippen LogP contribution in [-0.4, -0.2) is 0 Å². The van der Waals surface area contributed by atoms with E-state index in [4.69, 9.17) is 0 Å². The van der Waals surface area contributed by atoms with Crippen molar-refractivity contribution in [2.24, 2.45) is 17.8 Å². The molecule has 2 aliphatic carbocycles. The second-order valence-electron chi connectivity index (χ2n) is 3.34. The van der Waals surface area contributed by atoms with Gasteiger partial charge in [-0.05, 0) is 30.6 Å². The molecule has 0 nitrogen and oxygen atoms in total. The molecule has 0 aromatic heterocycles. The highest BCUT2D eigenvalue weighted by atomic mass is 14.5. The Kier molecular flexibility index (Phi) is 1.14. The van der Waals surface area contributed by atoms with Crippen molar-refractivity contribution < 1.29 is 0 Å². The highest BCUT2D eigenvalue weighted by Crippen LogP contribution is 2.54. The minimum Gasteiger partial charge on any atom is -0.0882 e. The number of hydrogen-bond donors (Lipinski definition) is 0. The lowest BCUT2D eigenvalue weighted by Crippen LogP contribution is -1.83. The van der Waals surface area contributed by atoms with E-state index in [0.29, 0.717) is 0 Å². The van der Waals surface area contributed by atoms with Crippen molar-refractivity contribution in [2.75, 3.05) is 0 Å². The van der Waals surface area contributed by atoms with Gasteiger partial charge in [0.15, 0.2) is 0 Å². The van der Waals surface area contributed by atoms with Gasteiger partial charge in [-0.1, -0.05) is 25.5 Å². The molecule has 0 amide bonds. The first-order chi connectivity index (χ1) is 4.43. The fourth-order valence-electron chi connectivity index (χ4n) is 2.34. The van der Waals surface area contributed by atoms with Crippen molar-refractivity contribution in [3.8, 4) is 0 Å². The van der Waals surface area contributed by atoms with Crippen LogP contribution in [0.2, 0.25) is 0 Å². The molecule has 0 aliphatic heterocycles. The summed E-state index contributed by atoms with van der Waals surface area (Å²) in [5.74, 6) is 3.29. The summed E-state index contributed by atoms with van der Waals surface area (Å²) in [5, 5.41) is 0. The molecule has 0 radical (unpaired) electrons. The van der Waals surface area contributed by atoms with E-state index < -0.39 is 0 Å². The van der Waals surface area contributed by atoms with E-state index >= 15 is 0 Å². The molecule has 2 rings (SSSR count). The summed E-state index contributed by atoms with van der Waals surface area (Å²) in [6, 6.07) is 0. The molecular weight excluding hydrogens is 108 g/mol. The lowest BCUT2D eigenvalue weighted by Gasteiger charge is -1.96. The smallest absolute Gasteiger partial charge is 0.0314 e. The summed E-state index contributed by atoms with van der Waals surface area (Å²) in [6.07, 6.45) is 8.89. The molecule has 2 aliphatic rings. The van der Waals surface area contributed by atoms with Crippen LogP contribution in [0.4, 0.5) is 0 Å². The van der Waals surface area contributed by atoms with E-state index in [2.05, 4.69) is 19.1 Å². The Morgan fingerprint density at radius 3 is 2.22 bits per heavy atom. The zero-order valence-electron chi connectivity index (χ0n) is 6.01. The molecule has 0 aromatic carbocycles. The molecule has 0 spiro atoms. The molecule has 1 fully saturated rings. The second kappa shape index (κ2) is 1.86. The molecule has 0 aromatic rings. The molecule has 2 atom stereocenters. The summed E-state index contributed by atoms with van der Waals surface area (Å²) >= 11 is 0. The summed E-state index contributed by atoms with van der Waals surface area (Å²) in [7, 11) is 0. The minimum atomic E-state index is 1.10. The average molecular weight is 122 g/mol. The normalized spacial score (nSPS) is 46.6. The van der Waals surface area contributed by atoms with Gasteiger partial charge in [0, 0.05) is 0 Å². The topological polar surface area (TPSA) is 0 Å². The first-order valence-electron chi connectivity index (χ1n) is 4.08. The molecule has 0 N–H and O–H groups in total. The van der Waals surface area contributed by atoms with Crippen LogP contribution in [0.5, 0.6) is 0 Å². The van der Waals surface area contributed by atoms with Crippen LogP contribution >= 0.6 is 0 Å². The summed E-state index contributed by atoms with van der Waals surface area (Å²) < 4.78 is 0. The first kappa shape index (κ1) is 5.52. The van der Waals surface area contributed by atoms with Crippen molar-refractivity contribution in [1.29, 1.82) is 0 Å². The highest BCUT2D eigenvalue weighted by Gasteiger charge is 2.47. The van der Waals surface area contributed by atoms with Gasteiger partial charge in [-0.3, -0.25) is 0 Å². The predicted molar refractivity (Wildman–Crippen MR) is 39.1 cm³/mol. The largest absolute Gasteiger partial charge is 0.0882 e. The highest BCUT2D eigenvalue weighted by molar-refractivity contribution is 5.07. The van der Waals surface area contributed by atoms with Gasteiger partial charge < -0.3 is 0 Å². The number of hydrogen-bond acceptors (Lipinski definition) is 0. The molecule has 0 heterocycles. The maximum absolute atomic E-state index is 2.36. The number of rotatable bonds is 1. The molecular formula is C9H14. The van der Waals surface area contributed by atoms with E-state index in [1.807, 2.05) is 0 Å². The Hall–Kier alpha value is -0.260. The predicted octanol–water partition coefficient (Wildman–Crippen LogP) is 2.61. The number of fused-ring (bicyclic) bond motifs is 1. The lowest BCUT2D eigenvalue weighted by atomic mass is 10.1. The van der Waals surface area contributed by atoms with Gasteiger partial charge in [0.25, 0.3) is 0 Å². The van der Waals surface area contributed by atoms with Crippen LogP contribution in [0.25, 0.3) is 0 Å². The fraction of sp³-hybridized carbons (Fsp3) is 0.778. The van der Waals surface area contributed by atoms with Gasteiger partial charge in [0.1, 0.15) is 0 Å². The monoisotopic (exact) mass is 122 g/mol. The van der Waals surface area contributed by atoms with E-state index in [-0.39, 0.29) is 0 Å². The Morgan fingerprint density at radius 2 is 1.78 bits per heavy atom. The van der Waals surface area contributed by atoms with Gasteiger partial charge in [0.2, 0.25) is 0 Å².